The average molecular weight is 305 g/mol. The van der Waals surface area contributed by atoms with Crippen LogP contribution in [-0.4, -0.2) is 62.9 Å². The van der Waals surface area contributed by atoms with Crippen LogP contribution in [0.4, 0.5) is 0 Å². The number of rotatable bonds is 8. The second-order valence-corrected chi connectivity index (χ2v) is 4.20. The van der Waals surface area contributed by atoms with Crippen LogP contribution in [0.5, 0.6) is 0 Å². The normalized spacial score (nSPS) is 13.2. The molecule has 0 unspecified atom stereocenters. The standard InChI is InChI=1S/C12H19NO8/c1-6(8(11(17)20-3)12(18)21-4)9(10(15)16)13-7(14)5-19-2/h6,8-9H,5H2,1-4H3,(H,13,14)(H,15,16)/t6-,9+/m0/s1. The van der Waals surface area contributed by atoms with Crippen molar-refractivity contribution in [3.05, 3.63) is 0 Å². The van der Waals surface area contributed by atoms with Crippen molar-refractivity contribution in [2.75, 3.05) is 27.9 Å². The summed E-state index contributed by atoms with van der Waals surface area (Å²) in [6.45, 7) is 0.974. The van der Waals surface area contributed by atoms with Gasteiger partial charge in [0.05, 0.1) is 14.2 Å². The minimum atomic E-state index is -1.48. The summed E-state index contributed by atoms with van der Waals surface area (Å²) in [4.78, 5) is 46.0. The first-order valence-corrected chi connectivity index (χ1v) is 5.96. The summed E-state index contributed by atoms with van der Waals surface area (Å²) in [7, 11) is 3.39. The topological polar surface area (TPSA) is 128 Å². The van der Waals surface area contributed by atoms with Crippen LogP contribution < -0.4 is 5.32 Å². The molecule has 9 nitrogen and oxygen atoms in total. The number of hydrogen-bond donors (Lipinski definition) is 2. The number of esters is 2. The molecule has 0 bridgehead atoms. The first kappa shape index (κ1) is 18.8. The highest BCUT2D eigenvalue weighted by Gasteiger charge is 2.41. The maximum atomic E-state index is 11.6. The van der Waals surface area contributed by atoms with Gasteiger partial charge in [-0.2, -0.15) is 0 Å². The van der Waals surface area contributed by atoms with Crippen molar-refractivity contribution in [2.24, 2.45) is 11.8 Å². The molecule has 0 saturated carbocycles. The summed E-state index contributed by atoms with van der Waals surface area (Å²) in [6, 6.07) is -1.48. The molecular formula is C12H19NO8. The Morgan fingerprint density at radius 3 is 1.86 bits per heavy atom. The van der Waals surface area contributed by atoms with Gasteiger partial charge in [0.1, 0.15) is 12.6 Å². The van der Waals surface area contributed by atoms with Gasteiger partial charge in [0.2, 0.25) is 5.91 Å². The fraction of sp³-hybridized carbons (Fsp3) is 0.667. The smallest absolute Gasteiger partial charge is 0.326 e. The third-order valence-electron chi connectivity index (χ3n) is 2.82. The number of ether oxygens (including phenoxy) is 3. The fourth-order valence-electron chi connectivity index (χ4n) is 1.74. The lowest BCUT2D eigenvalue weighted by atomic mass is 9.87. The van der Waals surface area contributed by atoms with E-state index in [4.69, 9.17) is 5.11 Å². The second-order valence-electron chi connectivity index (χ2n) is 4.20. The van der Waals surface area contributed by atoms with Gasteiger partial charge in [-0.05, 0) is 0 Å². The van der Waals surface area contributed by atoms with Gasteiger partial charge >= 0.3 is 17.9 Å². The largest absolute Gasteiger partial charge is 0.480 e. The summed E-state index contributed by atoms with van der Waals surface area (Å²) >= 11 is 0. The zero-order valence-electron chi connectivity index (χ0n) is 12.2. The molecule has 0 fully saturated rings. The van der Waals surface area contributed by atoms with Crippen molar-refractivity contribution in [3.8, 4) is 0 Å². The monoisotopic (exact) mass is 305 g/mol. The quantitative estimate of drug-likeness (QED) is 0.423. The molecule has 1 amide bonds. The summed E-state index contributed by atoms with van der Waals surface area (Å²) < 4.78 is 13.5. The summed E-state index contributed by atoms with van der Waals surface area (Å²) in [5.74, 6) is -6.52. The van der Waals surface area contributed by atoms with E-state index in [-0.39, 0.29) is 6.61 Å². The lowest BCUT2D eigenvalue weighted by molar-refractivity contribution is -0.163. The number of hydrogen-bond acceptors (Lipinski definition) is 7. The van der Waals surface area contributed by atoms with E-state index in [9.17, 15) is 19.2 Å². The summed E-state index contributed by atoms with van der Waals surface area (Å²) in [6.07, 6.45) is 0. The Hall–Kier alpha value is -2.16. The van der Waals surface area contributed by atoms with E-state index < -0.39 is 41.7 Å². The van der Waals surface area contributed by atoms with E-state index in [1.54, 1.807) is 0 Å². The predicted molar refractivity (Wildman–Crippen MR) is 68.1 cm³/mol. The van der Waals surface area contributed by atoms with Gasteiger partial charge in [0, 0.05) is 13.0 Å². The van der Waals surface area contributed by atoms with Gasteiger partial charge < -0.3 is 24.6 Å². The minimum absolute atomic E-state index is 0.350. The van der Waals surface area contributed by atoms with E-state index in [1.807, 2.05) is 0 Å². The zero-order valence-corrected chi connectivity index (χ0v) is 12.2. The highest BCUT2D eigenvalue weighted by atomic mass is 16.5. The molecule has 0 aliphatic heterocycles. The second kappa shape index (κ2) is 8.90. The molecule has 0 aromatic heterocycles. The van der Waals surface area contributed by atoms with E-state index >= 15 is 0 Å². The number of nitrogens with one attached hydrogen (secondary N) is 1. The molecule has 0 heterocycles. The molecule has 0 rings (SSSR count). The van der Waals surface area contributed by atoms with Crippen molar-refractivity contribution in [2.45, 2.75) is 13.0 Å². The summed E-state index contributed by atoms with van der Waals surface area (Å²) in [5, 5.41) is 11.3. The first-order valence-electron chi connectivity index (χ1n) is 5.96. The van der Waals surface area contributed by atoms with Gasteiger partial charge in [-0.1, -0.05) is 6.92 Å². The van der Waals surface area contributed by atoms with Crippen molar-refractivity contribution >= 4 is 23.8 Å². The Labute approximate surface area is 121 Å². The van der Waals surface area contributed by atoms with Crippen molar-refractivity contribution in [1.82, 2.24) is 5.32 Å². The summed E-state index contributed by atoms with van der Waals surface area (Å²) in [5.41, 5.74) is 0. The number of carboxylic acid groups (broad SMARTS) is 1. The van der Waals surface area contributed by atoms with Crippen LogP contribution >= 0.6 is 0 Å². The molecule has 2 atom stereocenters. The number of carboxylic acids is 1. The molecule has 0 aliphatic rings. The minimum Gasteiger partial charge on any atom is -0.480 e. The van der Waals surface area contributed by atoms with Crippen LogP contribution in [0.1, 0.15) is 6.92 Å². The van der Waals surface area contributed by atoms with E-state index in [2.05, 4.69) is 19.5 Å². The number of carbonyl (C=O) groups excluding carboxylic acids is 3. The Balaban J connectivity index is 5.26. The van der Waals surface area contributed by atoms with Crippen LogP contribution in [0.15, 0.2) is 0 Å². The molecule has 120 valence electrons. The van der Waals surface area contributed by atoms with E-state index in [1.165, 1.54) is 14.0 Å². The molecular weight excluding hydrogens is 286 g/mol. The first-order chi connectivity index (χ1) is 9.79. The van der Waals surface area contributed by atoms with E-state index in [0.29, 0.717) is 0 Å². The molecule has 0 aliphatic carbocycles. The third-order valence-corrected chi connectivity index (χ3v) is 2.82. The van der Waals surface area contributed by atoms with Crippen LogP contribution in [-0.2, 0) is 33.4 Å². The molecule has 21 heavy (non-hydrogen) atoms. The highest BCUT2D eigenvalue weighted by molar-refractivity contribution is 5.96. The zero-order chi connectivity index (χ0) is 16.6. The lowest BCUT2D eigenvalue weighted by Crippen LogP contribution is -2.51. The Bertz CT molecular complexity index is 392. The van der Waals surface area contributed by atoms with Gasteiger partial charge in [0.25, 0.3) is 0 Å². The fourth-order valence-corrected chi connectivity index (χ4v) is 1.74. The average Bonchev–Trinajstić information content (AvgIpc) is 2.44. The predicted octanol–water partition coefficient (Wildman–Crippen LogP) is -1.20. The molecule has 0 aromatic carbocycles. The van der Waals surface area contributed by atoms with Gasteiger partial charge in [-0.25, -0.2) is 4.79 Å². The molecule has 0 radical (unpaired) electrons. The SMILES string of the molecule is COCC(=O)N[C@@H](C(=O)O)[C@@H](C)C(C(=O)OC)C(=O)OC. The van der Waals surface area contributed by atoms with E-state index in [0.717, 1.165) is 14.2 Å². The number of aliphatic carboxylic acids is 1. The number of amides is 1. The van der Waals surface area contributed by atoms with Crippen molar-refractivity contribution in [1.29, 1.82) is 0 Å². The number of carbonyl (C=O) groups is 4. The van der Waals surface area contributed by atoms with Crippen molar-refractivity contribution < 1.29 is 38.5 Å². The molecule has 9 heteroatoms. The van der Waals surface area contributed by atoms with Crippen LogP contribution in [0.3, 0.4) is 0 Å². The molecule has 0 spiro atoms. The Kier molecular flexibility index (Phi) is 7.99. The Morgan fingerprint density at radius 2 is 1.52 bits per heavy atom. The maximum Gasteiger partial charge on any atom is 0.326 e. The molecule has 0 aromatic rings. The third kappa shape index (κ3) is 5.38. The van der Waals surface area contributed by atoms with Gasteiger partial charge in [-0.15, -0.1) is 0 Å². The molecule has 2 N–H and O–H groups in total. The maximum absolute atomic E-state index is 11.6. The lowest BCUT2D eigenvalue weighted by Gasteiger charge is -2.25. The van der Waals surface area contributed by atoms with Crippen molar-refractivity contribution in [3.63, 3.8) is 0 Å². The van der Waals surface area contributed by atoms with Crippen LogP contribution in [0.25, 0.3) is 0 Å². The number of methoxy groups -OCH3 is 3. The van der Waals surface area contributed by atoms with Crippen LogP contribution in [0, 0.1) is 11.8 Å². The highest BCUT2D eigenvalue weighted by Crippen LogP contribution is 2.19. The van der Waals surface area contributed by atoms with Gasteiger partial charge in [0.15, 0.2) is 5.92 Å². The van der Waals surface area contributed by atoms with Gasteiger partial charge in [-0.3, -0.25) is 14.4 Å². The van der Waals surface area contributed by atoms with Crippen LogP contribution in [0.2, 0.25) is 0 Å². The Morgan fingerprint density at radius 1 is 1.05 bits per heavy atom. The molecule has 0 saturated heterocycles.